The number of rotatable bonds is 5. The highest BCUT2D eigenvalue weighted by molar-refractivity contribution is 7.99. The third-order valence-corrected chi connectivity index (χ3v) is 3.50. The fraction of sp³-hybridized carbons (Fsp3) is 0.455. The Kier molecular flexibility index (Phi) is 5.22. The lowest BCUT2D eigenvalue weighted by molar-refractivity contribution is 0.628. The minimum absolute atomic E-state index is 0.0543. The lowest BCUT2D eigenvalue weighted by Crippen LogP contribution is -2.19. The molecule has 0 spiro atoms. The summed E-state index contributed by atoms with van der Waals surface area (Å²) >= 11 is 7.44. The molecule has 0 saturated heterocycles. The summed E-state index contributed by atoms with van der Waals surface area (Å²) in [6.07, 6.45) is 0. The molecule has 0 fully saturated rings. The first-order valence-electron chi connectivity index (χ1n) is 5.13. The molecule has 1 aromatic rings. The van der Waals surface area contributed by atoms with Gasteiger partial charge in [0.05, 0.1) is 16.4 Å². The molecule has 90 valence electrons. The summed E-state index contributed by atoms with van der Waals surface area (Å²) in [4.78, 5) is 0. The van der Waals surface area contributed by atoms with Crippen LogP contribution >= 0.6 is 23.4 Å². The van der Waals surface area contributed by atoms with E-state index in [0.29, 0.717) is 11.4 Å². The molecule has 1 unspecified atom stereocenters. The average Bonchev–Trinajstić information content (AvgIpc) is 2.23. The minimum atomic E-state index is -0.450. The van der Waals surface area contributed by atoms with Gasteiger partial charge in [-0.05, 0) is 18.7 Å². The second kappa shape index (κ2) is 6.21. The quantitative estimate of drug-likeness (QED) is 0.796. The molecular weight excluding hydrogens is 247 g/mol. The summed E-state index contributed by atoms with van der Waals surface area (Å²) in [7, 11) is 0. The maximum absolute atomic E-state index is 13.2. The molecule has 3 N–H and O–H groups in total. The van der Waals surface area contributed by atoms with Crippen LogP contribution in [0.15, 0.2) is 12.1 Å². The first kappa shape index (κ1) is 13.5. The maximum atomic E-state index is 13.2. The van der Waals surface area contributed by atoms with E-state index in [-0.39, 0.29) is 11.1 Å². The van der Waals surface area contributed by atoms with Crippen molar-refractivity contribution in [3.8, 4) is 0 Å². The van der Waals surface area contributed by atoms with Gasteiger partial charge in [0.2, 0.25) is 0 Å². The van der Waals surface area contributed by atoms with Crippen molar-refractivity contribution in [2.75, 3.05) is 22.6 Å². The topological polar surface area (TPSA) is 38.0 Å². The van der Waals surface area contributed by atoms with E-state index in [2.05, 4.69) is 12.2 Å². The van der Waals surface area contributed by atoms with Crippen LogP contribution in [0.25, 0.3) is 0 Å². The summed E-state index contributed by atoms with van der Waals surface area (Å²) in [5.74, 6) is 1.57. The molecule has 1 rings (SSSR count). The molecule has 0 aliphatic carbocycles. The van der Waals surface area contributed by atoms with Crippen LogP contribution in [0, 0.1) is 5.82 Å². The summed E-state index contributed by atoms with van der Waals surface area (Å²) in [6, 6.07) is 3.01. The lowest BCUT2D eigenvalue weighted by atomic mass is 10.2. The Morgan fingerprint density at radius 1 is 1.56 bits per heavy atom. The number of benzene rings is 1. The molecule has 16 heavy (non-hydrogen) atoms. The van der Waals surface area contributed by atoms with Gasteiger partial charge in [0.25, 0.3) is 0 Å². The second-order valence-corrected chi connectivity index (χ2v) is 5.28. The van der Waals surface area contributed by atoms with Gasteiger partial charge < -0.3 is 11.1 Å². The highest BCUT2D eigenvalue weighted by atomic mass is 35.5. The van der Waals surface area contributed by atoms with Gasteiger partial charge in [-0.25, -0.2) is 4.39 Å². The van der Waals surface area contributed by atoms with E-state index < -0.39 is 5.82 Å². The Labute approximate surface area is 105 Å². The molecule has 2 nitrogen and oxygen atoms in total. The zero-order valence-electron chi connectivity index (χ0n) is 9.39. The van der Waals surface area contributed by atoms with E-state index in [1.165, 1.54) is 12.1 Å². The number of halogens is 2. The van der Waals surface area contributed by atoms with Crippen LogP contribution in [0.2, 0.25) is 5.02 Å². The fourth-order valence-electron chi connectivity index (χ4n) is 1.29. The van der Waals surface area contributed by atoms with Crippen LogP contribution in [0.3, 0.4) is 0 Å². The molecule has 0 aliphatic heterocycles. The molecule has 1 atom stereocenters. The first-order chi connectivity index (χ1) is 7.54. The van der Waals surface area contributed by atoms with Crippen LogP contribution in [0.5, 0.6) is 0 Å². The van der Waals surface area contributed by atoms with Gasteiger partial charge >= 0.3 is 0 Å². The van der Waals surface area contributed by atoms with Gasteiger partial charge in [0, 0.05) is 17.9 Å². The zero-order valence-corrected chi connectivity index (χ0v) is 11.0. The Balaban J connectivity index is 2.69. The Morgan fingerprint density at radius 3 is 2.88 bits per heavy atom. The van der Waals surface area contributed by atoms with E-state index in [1.54, 1.807) is 0 Å². The van der Waals surface area contributed by atoms with Crippen LogP contribution < -0.4 is 11.1 Å². The lowest BCUT2D eigenvalue weighted by Gasteiger charge is -2.16. The van der Waals surface area contributed by atoms with E-state index in [4.69, 9.17) is 17.3 Å². The van der Waals surface area contributed by atoms with Gasteiger partial charge in [0.1, 0.15) is 5.82 Å². The zero-order chi connectivity index (χ0) is 12.1. The van der Waals surface area contributed by atoms with Crippen molar-refractivity contribution in [2.24, 2.45) is 0 Å². The largest absolute Gasteiger partial charge is 0.397 e. The highest BCUT2D eigenvalue weighted by Crippen LogP contribution is 2.26. The van der Waals surface area contributed by atoms with Gasteiger partial charge in [-0.2, -0.15) is 11.8 Å². The molecule has 0 radical (unpaired) electrons. The second-order valence-electron chi connectivity index (χ2n) is 3.56. The smallest absolute Gasteiger partial charge is 0.143 e. The number of thioether (sulfide) groups is 1. The Hall–Kier alpha value is -0.610. The standard InChI is InChI=1S/C11H16ClFN2S/c1-3-16-6-7(2)15-11-5-9(13)8(12)4-10(11)14/h4-5,7,15H,3,6,14H2,1-2H3. The summed E-state index contributed by atoms with van der Waals surface area (Å²) in [5, 5.41) is 3.22. The molecule has 5 heteroatoms. The molecule has 0 saturated carbocycles. The van der Waals surface area contributed by atoms with E-state index in [9.17, 15) is 4.39 Å². The van der Waals surface area contributed by atoms with Gasteiger partial charge in [-0.3, -0.25) is 0 Å². The molecule has 0 amide bonds. The molecular formula is C11H16ClFN2S. The number of hydrogen-bond acceptors (Lipinski definition) is 3. The number of nitrogens with two attached hydrogens (primary N) is 1. The van der Waals surface area contributed by atoms with Gasteiger partial charge in [-0.15, -0.1) is 0 Å². The average molecular weight is 263 g/mol. The van der Waals surface area contributed by atoms with Gasteiger partial charge in [-0.1, -0.05) is 18.5 Å². The fourth-order valence-corrected chi connectivity index (χ4v) is 2.13. The Bertz CT molecular complexity index is 360. The predicted molar refractivity (Wildman–Crippen MR) is 71.9 cm³/mol. The van der Waals surface area contributed by atoms with E-state index in [1.807, 2.05) is 18.7 Å². The third kappa shape index (κ3) is 3.76. The van der Waals surface area contributed by atoms with E-state index in [0.717, 1.165) is 11.5 Å². The maximum Gasteiger partial charge on any atom is 0.143 e. The van der Waals surface area contributed by atoms with Crippen molar-refractivity contribution < 1.29 is 4.39 Å². The monoisotopic (exact) mass is 262 g/mol. The van der Waals surface area contributed by atoms with Crippen molar-refractivity contribution in [1.29, 1.82) is 0 Å². The molecule has 0 aromatic heterocycles. The van der Waals surface area contributed by atoms with Crippen LogP contribution in [0.4, 0.5) is 15.8 Å². The normalized spacial score (nSPS) is 12.5. The SMILES string of the molecule is CCSCC(C)Nc1cc(F)c(Cl)cc1N. The first-order valence-corrected chi connectivity index (χ1v) is 6.66. The van der Waals surface area contributed by atoms with Crippen molar-refractivity contribution in [2.45, 2.75) is 19.9 Å². The van der Waals surface area contributed by atoms with Crippen LogP contribution in [-0.2, 0) is 0 Å². The molecule has 0 aliphatic rings. The van der Waals surface area contributed by atoms with Crippen molar-refractivity contribution >= 4 is 34.7 Å². The summed E-state index contributed by atoms with van der Waals surface area (Å²) in [5.41, 5.74) is 6.82. The van der Waals surface area contributed by atoms with E-state index >= 15 is 0 Å². The highest BCUT2D eigenvalue weighted by Gasteiger charge is 2.08. The van der Waals surface area contributed by atoms with Crippen molar-refractivity contribution in [1.82, 2.24) is 0 Å². The number of anilines is 2. The van der Waals surface area contributed by atoms with Crippen LogP contribution in [0.1, 0.15) is 13.8 Å². The van der Waals surface area contributed by atoms with Crippen molar-refractivity contribution in [3.05, 3.63) is 23.0 Å². The van der Waals surface area contributed by atoms with Crippen molar-refractivity contribution in [3.63, 3.8) is 0 Å². The van der Waals surface area contributed by atoms with Crippen LogP contribution in [-0.4, -0.2) is 17.5 Å². The van der Waals surface area contributed by atoms with Gasteiger partial charge in [0.15, 0.2) is 0 Å². The number of nitrogens with one attached hydrogen (secondary N) is 1. The Morgan fingerprint density at radius 2 is 2.25 bits per heavy atom. The molecule has 1 aromatic carbocycles. The number of nitrogen functional groups attached to an aromatic ring is 1. The third-order valence-electron chi connectivity index (χ3n) is 2.07. The summed E-state index contributed by atoms with van der Waals surface area (Å²) in [6.45, 7) is 4.14. The number of hydrogen-bond donors (Lipinski definition) is 2. The molecule has 0 bridgehead atoms. The minimum Gasteiger partial charge on any atom is -0.397 e. The molecule has 0 heterocycles. The summed E-state index contributed by atoms with van der Waals surface area (Å²) < 4.78 is 13.2. The predicted octanol–water partition coefficient (Wildman–Crippen LogP) is 3.61.